The number of aryl methyl sites for hydroxylation is 1. The highest BCUT2D eigenvalue weighted by Crippen LogP contribution is 2.36. The molecule has 2 aromatic rings. The van der Waals surface area contributed by atoms with Crippen molar-refractivity contribution in [2.24, 2.45) is 23.7 Å². The number of nitrogens with one attached hydrogen (secondary N) is 1. The average molecular weight is 420 g/mol. The molecule has 2 aromatic heterocycles. The van der Waals surface area contributed by atoms with Crippen LogP contribution in [0.3, 0.4) is 0 Å². The SMILES string of the molecule is C[C@H](CCCO[Si](C)(C)C(C)(C)C)CNc1c(N=C(N)n2ccnc2)cnn1C. The zero-order valence-electron chi connectivity index (χ0n) is 18.9. The molecule has 2 heterocycles. The second-order valence-corrected chi connectivity index (χ2v) is 14.0. The second kappa shape index (κ2) is 9.58. The van der Waals surface area contributed by atoms with E-state index >= 15 is 0 Å². The number of aromatic nitrogens is 4. The highest BCUT2D eigenvalue weighted by Gasteiger charge is 2.36. The molecule has 0 aliphatic carbocycles. The van der Waals surface area contributed by atoms with Crippen LogP contribution < -0.4 is 11.1 Å². The number of hydrogen-bond acceptors (Lipinski definition) is 5. The van der Waals surface area contributed by atoms with Crippen molar-refractivity contribution in [3.8, 4) is 0 Å². The summed E-state index contributed by atoms with van der Waals surface area (Å²) in [6.45, 7) is 15.4. The van der Waals surface area contributed by atoms with E-state index in [1.807, 2.05) is 7.05 Å². The largest absolute Gasteiger partial charge is 0.417 e. The van der Waals surface area contributed by atoms with E-state index in [0.717, 1.165) is 31.8 Å². The maximum absolute atomic E-state index is 6.28. The number of nitrogens with zero attached hydrogens (tertiary/aromatic N) is 5. The Morgan fingerprint density at radius 2 is 2.10 bits per heavy atom. The Bertz CT molecular complexity index is 790. The fourth-order valence-corrected chi connectivity index (χ4v) is 3.72. The van der Waals surface area contributed by atoms with Crippen LogP contribution in [-0.4, -0.2) is 46.8 Å². The lowest BCUT2D eigenvalue weighted by molar-refractivity contribution is 0.271. The van der Waals surface area contributed by atoms with E-state index in [-0.39, 0.29) is 5.04 Å². The molecular formula is C20H37N7OSi. The standard InChI is InChI=1S/C20H37N7OSi/c1-16(9-8-12-28-29(6,7)20(2,3)4)13-23-18-17(14-24-26(18)5)25-19(21)27-11-10-22-15-27/h10-11,14-16,23H,8-9,12-13H2,1-7H3,(H2,21,25)/t16-/m1/s1. The first-order valence-electron chi connectivity index (χ1n) is 10.2. The molecular weight excluding hydrogens is 382 g/mol. The van der Waals surface area contributed by atoms with Crippen LogP contribution in [0.4, 0.5) is 11.5 Å². The molecule has 0 fully saturated rings. The summed E-state index contributed by atoms with van der Waals surface area (Å²) in [5.41, 5.74) is 6.76. The van der Waals surface area contributed by atoms with Gasteiger partial charge in [-0.1, -0.05) is 27.7 Å². The van der Waals surface area contributed by atoms with Crippen molar-refractivity contribution >= 4 is 25.8 Å². The number of nitrogens with two attached hydrogens (primary N) is 1. The van der Waals surface area contributed by atoms with Crippen LogP contribution >= 0.6 is 0 Å². The molecule has 0 aliphatic heterocycles. The first-order valence-corrected chi connectivity index (χ1v) is 13.1. The van der Waals surface area contributed by atoms with Crippen molar-refractivity contribution in [2.75, 3.05) is 18.5 Å². The lowest BCUT2D eigenvalue weighted by Crippen LogP contribution is -2.41. The maximum Gasteiger partial charge on any atom is 0.206 e. The van der Waals surface area contributed by atoms with Gasteiger partial charge in [0.25, 0.3) is 0 Å². The number of imidazole rings is 1. The minimum atomic E-state index is -1.65. The summed E-state index contributed by atoms with van der Waals surface area (Å²) in [6, 6.07) is 0. The van der Waals surface area contributed by atoms with Crippen molar-refractivity contribution in [1.82, 2.24) is 19.3 Å². The van der Waals surface area contributed by atoms with Gasteiger partial charge in [0, 0.05) is 32.6 Å². The predicted molar refractivity (Wildman–Crippen MR) is 122 cm³/mol. The number of aliphatic imine (C=N–C) groups is 1. The Hall–Kier alpha value is -2.13. The minimum Gasteiger partial charge on any atom is -0.417 e. The Morgan fingerprint density at radius 3 is 2.72 bits per heavy atom. The van der Waals surface area contributed by atoms with Gasteiger partial charge in [-0.2, -0.15) is 5.10 Å². The van der Waals surface area contributed by atoms with Gasteiger partial charge < -0.3 is 15.5 Å². The monoisotopic (exact) mass is 419 g/mol. The quantitative estimate of drug-likeness (QED) is 0.278. The van der Waals surface area contributed by atoms with Gasteiger partial charge in [-0.3, -0.25) is 9.25 Å². The van der Waals surface area contributed by atoms with Crippen molar-refractivity contribution in [2.45, 2.75) is 58.7 Å². The molecule has 2 rings (SSSR count). The molecule has 0 aliphatic rings. The summed E-state index contributed by atoms with van der Waals surface area (Å²) in [6.07, 6.45) is 8.94. The molecule has 8 nitrogen and oxygen atoms in total. The van der Waals surface area contributed by atoms with Gasteiger partial charge in [-0.25, -0.2) is 9.98 Å². The van der Waals surface area contributed by atoms with E-state index in [4.69, 9.17) is 10.2 Å². The summed E-state index contributed by atoms with van der Waals surface area (Å²) in [5.74, 6) is 1.72. The lowest BCUT2D eigenvalue weighted by Gasteiger charge is -2.36. The third-order valence-corrected chi connectivity index (χ3v) is 10.2. The normalized spacial score (nSPS) is 14.2. The van der Waals surface area contributed by atoms with Gasteiger partial charge in [-0.15, -0.1) is 0 Å². The molecule has 3 N–H and O–H groups in total. The fraction of sp³-hybridized carbons (Fsp3) is 0.650. The second-order valence-electron chi connectivity index (χ2n) is 9.18. The molecule has 29 heavy (non-hydrogen) atoms. The average Bonchev–Trinajstić information content (AvgIpc) is 3.27. The molecule has 0 amide bonds. The summed E-state index contributed by atoms with van der Waals surface area (Å²) >= 11 is 0. The number of anilines is 1. The molecule has 0 radical (unpaired) electrons. The van der Waals surface area contributed by atoms with E-state index in [1.165, 1.54) is 0 Å². The van der Waals surface area contributed by atoms with Gasteiger partial charge in [0.2, 0.25) is 5.96 Å². The maximum atomic E-state index is 6.28. The van der Waals surface area contributed by atoms with Gasteiger partial charge in [0.05, 0.1) is 6.20 Å². The fourth-order valence-electron chi connectivity index (χ4n) is 2.64. The predicted octanol–water partition coefficient (Wildman–Crippen LogP) is 3.96. The van der Waals surface area contributed by atoms with E-state index in [9.17, 15) is 0 Å². The van der Waals surface area contributed by atoms with E-state index in [1.54, 1.807) is 34.2 Å². The van der Waals surface area contributed by atoms with E-state index < -0.39 is 8.32 Å². The first-order chi connectivity index (χ1) is 13.5. The molecule has 9 heteroatoms. The summed E-state index contributed by atoms with van der Waals surface area (Å²) in [7, 11) is 0.243. The van der Waals surface area contributed by atoms with Gasteiger partial charge >= 0.3 is 0 Å². The van der Waals surface area contributed by atoms with E-state index in [0.29, 0.717) is 17.6 Å². The lowest BCUT2D eigenvalue weighted by atomic mass is 10.1. The Morgan fingerprint density at radius 1 is 1.38 bits per heavy atom. The summed E-state index contributed by atoms with van der Waals surface area (Å²) in [5, 5.41) is 8.04. The molecule has 0 unspecified atom stereocenters. The van der Waals surface area contributed by atoms with Crippen LogP contribution in [0.5, 0.6) is 0 Å². The Balaban J connectivity index is 1.84. The summed E-state index contributed by atoms with van der Waals surface area (Å²) < 4.78 is 9.73. The van der Waals surface area contributed by atoms with Gasteiger partial charge in [-0.05, 0) is 36.9 Å². The molecule has 0 bridgehead atoms. The van der Waals surface area contributed by atoms with Crippen molar-refractivity contribution in [1.29, 1.82) is 0 Å². The number of rotatable bonds is 9. The first kappa shape index (κ1) is 23.1. The zero-order chi connectivity index (χ0) is 21.7. The molecule has 0 aromatic carbocycles. The van der Waals surface area contributed by atoms with Crippen LogP contribution in [0.15, 0.2) is 29.9 Å². The van der Waals surface area contributed by atoms with Gasteiger partial charge in [0.1, 0.15) is 17.8 Å². The smallest absolute Gasteiger partial charge is 0.206 e. The van der Waals surface area contributed by atoms with Crippen molar-refractivity contribution in [3.05, 3.63) is 24.9 Å². The van der Waals surface area contributed by atoms with E-state index in [2.05, 4.69) is 61.2 Å². The van der Waals surface area contributed by atoms with Crippen molar-refractivity contribution < 1.29 is 4.43 Å². The molecule has 1 atom stereocenters. The molecule has 0 saturated heterocycles. The Kier molecular flexibility index (Phi) is 7.64. The molecule has 162 valence electrons. The minimum absolute atomic E-state index is 0.259. The van der Waals surface area contributed by atoms with Crippen LogP contribution in [0, 0.1) is 5.92 Å². The Labute approximate surface area is 175 Å². The van der Waals surface area contributed by atoms with Crippen LogP contribution in [0.25, 0.3) is 0 Å². The molecule has 0 saturated carbocycles. The van der Waals surface area contributed by atoms with Crippen molar-refractivity contribution in [3.63, 3.8) is 0 Å². The summed E-state index contributed by atoms with van der Waals surface area (Å²) in [4.78, 5) is 8.48. The van der Waals surface area contributed by atoms with Crippen LogP contribution in [0.2, 0.25) is 18.1 Å². The third-order valence-electron chi connectivity index (χ3n) is 5.65. The van der Waals surface area contributed by atoms with Crippen LogP contribution in [-0.2, 0) is 11.5 Å². The molecule has 0 spiro atoms. The zero-order valence-corrected chi connectivity index (χ0v) is 19.9. The third kappa shape index (κ3) is 6.43. The highest BCUT2D eigenvalue weighted by molar-refractivity contribution is 6.74. The highest BCUT2D eigenvalue weighted by atomic mass is 28.4. The number of hydrogen-bond donors (Lipinski definition) is 2. The van der Waals surface area contributed by atoms with Gasteiger partial charge in [0.15, 0.2) is 8.32 Å². The topological polar surface area (TPSA) is 95.3 Å². The van der Waals surface area contributed by atoms with Crippen LogP contribution in [0.1, 0.15) is 40.5 Å².